The maximum atomic E-state index is 4.75. The Balaban J connectivity index is -0.000000125. The minimum absolute atomic E-state index is 0. The standard InChI is InChI=1S/CH6N4S.Na.H/c2-4-1(6)5-3;;/h2-3H2,(H2,4,5,6);;/q;+1;-1. The number of thiocarbonyl (C=S) groups is 1. The molecule has 0 unspecified atom stereocenters. The van der Waals surface area contributed by atoms with Crippen molar-refractivity contribution in [1.29, 1.82) is 0 Å². The smallest absolute Gasteiger partial charge is 1.00 e. The van der Waals surface area contributed by atoms with Crippen molar-refractivity contribution in [3.8, 4) is 0 Å². The molecule has 0 aromatic heterocycles. The summed E-state index contributed by atoms with van der Waals surface area (Å²) in [4.78, 5) is 0. The van der Waals surface area contributed by atoms with Crippen LogP contribution in [0.25, 0.3) is 0 Å². The van der Waals surface area contributed by atoms with E-state index in [4.69, 9.17) is 11.7 Å². The van der Waals surface area contributed by atoms with E-state index in [0.29, 0.717) is 0 Å². The predicted octanol–water partition coefficient (Wildman–Crippen LogP) is -4.69. The molecule has 7 heavy (non-hydrogen) atoms. The monoisotopic (exact) mass is 130 g/mol. The van der Waals surface area contributed by atoms with E-state index in [1.165, 1.54) is 0 Å². The second-order valence-electron chi connectivity index (χ2n) is 0.618. The van der Waals surface area contributed by atoms with E-state index >= 15 is 0 Å². The van der Waals surface area contributed by atoms with E-state index in [1.807, 2.05) is 0 Å². The molecular weight excluding hydrogens is 123 g/mol. The molecule has 0 fully saturated rings. The van der Waals surface area contributed by atoms with Crippen LogP contribution >= 0.6 is 12.2 Å². The minimum atomic E-state index is 0. The summed E-state index contributed by atoms with van der Waals surface area (Å²) < 4.78 is 0. The van der Waals surface area contributed by atoms with E-state index in [-0.39, 0.29) is 36.1 Å². The van der Waals surface area contributed by atoms with Crippen molar-refractivity contribution < 1.29 is 31.0 Å². The van der Waals surface area contributed by atoms with Gasteiger partial charge in [0.2, 0.25) is 0 Å². The topological polar surface area (TPSA) is 76.1 Å². The summed E-state index contributed by atoms with van der Waals surface area (Å²) in [5.41, 5.74) is 4.22. The average Bonchev–Trinajstić information content (AvgIpc) is 1.65. The van der Waals surface area contributed by atoms with Crippen LogP contribution < -0.4 is 52.1 Å². The Morgan fingerprint density at radius 2 is 1.71 bits per heavy atom. The summed E-state index contributed by atoms with van der Waals surface area (Å²) in [7, 11) is 0. The van der Waals surface area contributed by atoms with Crippen LogP contribution in [0.1, 0.15) is 1.43 Å². The molecule has 4 nitrogen and oxygen atoms in total. The summed E-state index contributed by atoms with van der Waals surface area (Å²) in [5, 5.41) is 0.231. The summed E-state index contributed by atoms with van der Waals surface area (Å²) in [5.74, 6) is 9.50. The number of hydrogen-bond acceptors (Lipinski definition) is 3. The Labute approximate surface area is 70.7 Å². The van der Waals surface area contributed by atoms with Crippen molar-refractivity contribution >= 4 is 17.3 Å². The van der Waals surface area contributed by atoms with Crippen LogP contribution in [-0.2, 0) is 0 Å². The molecule has 0 aromatic carbocycles. The number of hydrogen-bond donors (Lipinski definition) is 4. The van der Waals surface area contributed by atoms with Crippen molar-refractivity contribution in [2.24, 2.45) is 11.7 Å². The first-order valence-electron chi connectivity index (χ1n) is 1.28. The molecule has 0 saturated heterocycles. The third-order valence-corrected chi connectivity index (χ3v) is 0.498. The molecule has 38 valence electrons. The molecule has 6 N–H and O–H groups in total. The molecule has 0 atom stereocenters. The quantitative estimate of drug-likeness (QED) is 0.115. The summed E-state index contributed by atoms with van der Waals surface area (Å²) >= 11 is 4.38. The van der Waals surface area contributed by atoms with Crippen molar-refractivity contribution in [2.45, 2.75) is 0 Å². The predicted molar refractivity (Wildman–Crippen MR) is 28.4 cm³/mol. The second kappa shape index (κ2) is 6.61. The van der Waals surface area contributed by atoms with Gasteiger partial charge in [0, 0.05) is 0 Å². The molecule has 0 aliphatic rings. The molecule has 6 heteroatoms. The van der Waals surface area contributed by atoms with Gasteiger partial charge in [-0.1, -0.05) is 0 Å². The first kappa shape index (κ1) is 10.6. The normalized spacial score (nSPS) is 6.00. The Kier molecular flexibility index (Phi) is 9.98. The van der Waals surface area contributed by atoms with E-state index in [0.717, 1.165) is 0 Å². The Morgan fingerprint density at radius 1 is 1.43 bits per heavy atom. The molecular formula is CH7N4NaS. The molecule has 0 spiro atoms. The second-order valence-corrected chi connectivity index (χ2v) is 1.03. The third kappa shape index (κ3) is 6.61. The van der Waals surface area contributed by atoms with Crippen LogP contribution in [0.15, 0.2) is 0 Å². The van der Waals surface area contributed by atoms with Crippen LogP contribution in [-0.4, -0.2) is 5.11 Å². The first-order chi connectivity index (χ1) is 2.81. The van der Waals surface area contributed by atoms with Crippen LogP contribution in [0.2, 0.25) is 0 Å². The number of nitrogens with one attached hydrogen (secondary N) is 2. The van der Waals surface area contributed by atoms with E-state index in [1.54, 1.807) is 0 Å². The van der Waals surface area contributed by atoms with Gasteiger partial charge in [0.05, 0.1) is 0 Å². The average molecular weight is 130 g/mol. The fraction of sp³-hybridized carbons (Fsp3) is 0. The van der Waals surface area contributed by atoms with Crippen molar-refractivity contribution in [2.75, 3.05) is 0 Å². The van der Waals surface area contributed by atoms with Gasteiger partial charge >= 0.3 is 29.6 Å². The summed E-state index contributed by atoms with van der Waals surface area (Å²) in [6.45, 7) is 0. The third-order valence-electron chi connectivity index (χ3n) is 0.262. The molecule has 0 aliphatic carbocycles. The van der Waals surface area contributed by atoms with Gasteiger partial charge in [-0.05, 0) is 12.2 Å². The number of rotatable bonds is 0. The van der Waals surface area contributed by atoms with E-state index in [2.05, 4.69) is 23.1 Å². The molecule has 0 amide bonds. The number of hydrazine groups is 2. The van der Waals surface area contributed by atoms with Crippen LogP contribution in [0.4, 0.5) is 0 Å². The van der Waals surface area contributed by atoms with Gasteiger partial charge in [0.25, 0.3) is 0 Å². The van der Waals surface area contributed by atoms with Crippen LogP contribution in [0.5, 0.6) is 0 Å². The van der Waals surface area contributed by atoms with Gasteiger partial charge < -0.3 is 1.43 Å². The van der Waals surface area contributed by atoms with Gasteiger partial charge in [0.1, 0.15) is 0 Å². The Hall–Kier alpha value is 0.610. The van der Waals surface area contributed by atoms with Crippen LogP contribution in [0.3, 0.4) is 0 Å². The van der Waals surface area contributed by atoms with E-state index < -0.39 is 0 Å². The van der Waals surface area contributed by atoms with Crippen molar-refractivity contribution in [1.82, 2.24) is 10.9 Å². The van der Waals surface area contributed by atoms with Gasteiger partial charge in [-0.3, -0.25) is 10.9 Å². The van der Waals surface area contributed by atoms with Gasteiger partial charge in [0.15, 0.2) is 5.11 Å². The maximum Gasteiger partial charge on any atom is 1.00 e. The van der Waals surface area contributed by atoms with Crippen LogP contribution in [0, 0.1) is 0 Å². The van der Waals surface area contributed by atoms with Crippen molar-refractivity contribution in [3.63, 3.8) is 0 Å². The zero-order valence-corrected chi connectivity index (χ0v) is 6.88. The maximum absolute atomic E-state index is 4.75. The zero-order chi connectivity index (χ0) is 4.99. The SMILES string of the molecule is NNC(=S)NN.[H-].[Na+]. The molecule has 0 aromatic rings. The number of nitrogens with two attached hydrogens (primary N) is 2. The summed E-state index contributed by atoms with van der Waals surface area (Å²) in [6.07, 6.45) is 0. The van der Waals surface area contributed by atoms with Gasteiger partial charge in [-0.15, -0.1) is 0 Å². The molecule has 0 rings (SSSR count). The molecule has 0 radical (unpaired) electrons. The fourth-order valence-electron chi connectivity index (χ4n) is 0.0417. The van der Waals surface area contributed by atoms with Crippen molar-refractivity contribution in [3.05, 3.63) is 0 Å². The molecule has 0 saturated carbocycles. The van der Waals surface area contributed by atoms with E-state index in [9.17, 15) is 0 Å². The molecule has 0 bridgehead atoms. The fourth-order valence-corrected chi connectivity index (χ4v) is 0.0417. The van der Waals surface area contributed by atoms with Gasteiger partial charge in [-0.25, -0.2) is 11.7 Å². The molecule has 0 aliphatic heterocycles. The Bertz CT molecular complexity index is 54.0. The summed E-state index contributed by atoms with van der Waals surface area (Å²) in [6, 6.07) is 0. The minimum Gasteiger partial charge on any atom is -1.00 e. The molecule has 0 heterocycles. The largest absolute Gasteiger partial charge is 1.00 e. The Morgan fingerprint density at radius 3 is 1.71 bits per heavy atom. The zero-order valence-electron chi connectivity index (χ0n) is 5.06. The first-order valence-corrected chi connectivity index (χ1v) is 1.69. The van der Waals surface area contributed by atoms with Gasteiger partial charge in [-0.2, -0.15) is 0 Å².